The molecule has 0 spiro atoms. The van der Waals surface area contributed by atoms with E-state index in [4.69, 9.17) is 16.3 Å². The molecule has 1 amide bonds. The van der Waals surface area contributed by atoms with Crippen LogP contribution in [-0.4, -0.2) is 30.1 Å². The number of rotatable bonds is 3. The molecule has 0 radical (unpaired) electrons. The van der Waals surface area contributed by atoms with E-state index in [0.717, 1.165) is 30.4 Å². The van der Waals surface area contributed by atoms with E-state index < -0.39 is 0 Å². The van der Waals surface area contributed by atoms with Gasteiger partial charge in [-0.3, -0.25) is 4.79 Å². The predicted octanol–water partition coefficient (Wildman–Crippen LogP) is 2.73. The average molecular weight is 279 g/mol. The van der Waals surface area contributed by atoms with E-state index in [9.17, 15) is 4.79 Å². The molecule has 4 nitrogen and oxygen atoms in total. The zero-order valence-corrected chi connectivity index (χ0v) is 11.2. The van der Waals surface area contributed by atoms with Crippen molar-refractivity contribution in [1.82, 2.24) is 10.3 Å². The summed E-state index contributed by atoms with van der Waals surface area (Å²) >= 11 is 6.07. The van der Waals surface area contributed by atoms with E-state index in [-0.39, 0.29) is 12.0 Å². The van der Waals surface area contributed by atoms with Crippen molar-refractivity contribution >= 4 is 28.4 Å². The fraction of sp³-hybridized carbons (Fsp3) is 0.357. The lowest BCUT2D eigenvalue weighted by Crippen LogP contribution is -2.31. The number of carbonyl (C=O) groups excluding carboxylic acids is 1. The average Bonchev–Trinajstić information content (AvgIpc) is 3.05. The summed E-state index contributed by atoms with van der Waals surface area (Å²) in [5.74, 6) is -0.122. The molecule has 1 unspecified atom stereocenters. The molecule has 1 saturated heterocycles. The molecule has 3 rings (SSSR count). The number of benzene rings is 1. The van der Waals surface area contributed by atoms with Gasteiger partial charge in [-0.25, -0.2) is 0 Å². The van der Waals surface area contributed by atoms with Crippen LogP contribution in [0.5, 0.6) is 0 Å². The van der Waals surface area contributed by atoms with E-state index in [1.165, 1.54) is 0 Å². The van der Waals surface area contributed by atoms with Gasteiger partial charge < -0.3 is 15.0 Å². The molecule has 1 aromatic heterocycles. The van der Waals surface area contributed by atoms with E-state index in [0.29, 0.717) is 17.3 Å². The second-order valence-electron chi connectivity index (χ2n) is 4.73. The number of aromatic nitrogens is 1. The first-order valence-electron chi connectivity index (χ1n) is 6.41. The van der Waals surface area contributed by atoms with Gasteiger partial charge in [-0.15, -0.1) is 0 Å². The van der Waals surface area contributed by atoms with Crippen molar-refractivity contribution < 1.29 is 9.53 Å². The van der Waals surface area contributed by atoms with Gasteiger partial charge in [0.2, 0.25) is 0 Å². The molecule has 5 heteroatoms. The Kier molecular flexibility index (Phi) is 3.44. The van der Waals surface area contributed by atoms with E-state index in [1.807, 2.05) is 18.2 Å². The van der Waals surface area contributed by atoms with Crippen LogP contribution in [0.4, 0.5) is 0 Å². The highest BCUT2D eigenvalue weighted by Crippen LogP contribution is 2.23. The van der Waals surface area contributed by atoms with Crippen LogP contribution in [0.25, 0.3) is 10.9 Å². The van der Waals surface area contributed by atoms with E-state index in [2.05, 4.69) is 10.3 Å². The number of halogens is 1. The molecule has 1 fully saturated rings. The Morgan fingerprint density at radius 2 is 2.42 bits per heavy atom. The van der Waals surface area contributed by atoms with Crippen LogP contribution in [0.2, 0.25) is 5.02 Å². The second-order valence-corrected chi connectivity index (χ2v) is 5.14. The van der Waals surface area contributed by atoms with Crippen molar-refractivity contribution in [3.63, 3.8) is 0 Å². The third kappa shape index (κ3) is 2.60. The van der Waals surface area contributed by atoms with Gasteiger partial charge in [0.15, 0.2) is 0 Å². The van der Waals surface area contributed by atoms with Crippen molar-refractivity contribution in [3.05, 3.63) is 35.0 Å². The summed E-state index contributed by atoms with van der Waals surface area (Å²) in [4.78, 5) is 15.1. The smallest absolute Gasteiger partial charge is 0.267 e. The molecule has 2 N–H and O–H groups in total. The minimum Gasteiger partial charge on any atom is -0.376 e. The highest BCUT2D eigenvalue weighted by molar-refractivity contribution is 6.35. The molecular weight excluding hydrogens is 264 g/mol. The molecular formula is C14H15ClN2O2. The lowest BCUT2D eigenvalue weighted by Gasteiger charge is -2.09. The summed E-state index contributed by atoms with van der Waals surface area (Å²) in [5.41, 5.74) is 1.33. The van der Waals surface area contributed by atoms with Gasteiger partial charge >= 0.3 is 0 Å². The molecule has 0 aliphatic carbocycles. The fourth-order valence-corrected chi connectivity index (χ4v) is 2.58. The molecule has 1 atom stereocenters. The van der Waals surface area contributed by atoms with Crippen molar-refractivity contribution in [2.75, 3.05) is 13.2 Å². The number of aromatic amines is 1. The second kappa shape index (κ2) is 5.23. The van der Waals surface area contributed by atoms with Gasteiger partial charge in [-0.05, 0) is 25.0 Å². The van der Waals surface area contributed by atoms with Crippen LogP contribution in [0, 0.1) is 0 Å². The Hall–Kier alpha value is -1.52. The minimum absolute atomic E-state index is 0.122. The van der Waals surface area contributed by atoms with Crippen molar-refractivity contribution in [2.24, 2.45) is 0 Å². The van der Waals surface area contributed by atoms with Gasteiger partial charge in [0.25, 0.3) is 5.91 Å². The Labute approximate surface area is 116 Å². The Balaban J connectivity index is 1.72. The van der Waals surface area contributed by atoms with Crippen LogP contribution in [-0.2, 0) is 4.74 Å². The number of para-hydroxylation sites is 1. The molecule has 0 bridgehead atoms. The zero-order valence-electron chi connectivity index (χ0n) is 10.4. The largest absolute Gasteiger partial charge is 0.376 e. The number of ether oxygens (including phenoxy) is 1. The highest BCUT2D eigenvalue weighted by atomic mass is 35.5. The summed E-state index contributed by atoms with van der Waals surface area (Å²) in [6.07, 6.45) is 2.23. The van der Waals surface area contributed by atoms with Crippen LogP contribution >= 0.6 is 11.6 Å². The van der Waals surface area contributed by atoms with Crippen LogP contribution in [0.1, 0.15) is 23.3 Å². The number of amides is 1. The molecule has 1 aliphatic rings. The van der Waals surface area contributed by atoms with Gasteiger partial charge in [-0.2, -0.15) is 0 Å². The summed E-state index contributed by atoms with van der Waals surface area (Å²) < 4.78 is 5.47. The lowest BCUT2D eigenvalue weighted by molar-refractivity contribution is 0.0854. The van der Waals surface area contributed by atoms with Gasteiger partial charge in [0, 0.05) is 18.5 Å². The minimum atomic E-state index is -0.122. The SMILES string of the molecule is O=C(NCC1CCCO1)c1cc2cccc(Cl)c2[nH]1. The summed E-state index contributed by atoms with van der Waals surface area (Å²) in [6.45, 7) is 1.35. The number of nitrogens with one attached hydrogen (secondary N) is 2. The fourth-order valence-electron chi connectivity index (χ4n) is 2.35. The van der Waals surface area contributed by atoms with Crippen molar-refractivity contribution in [1.29, 1.82) is 0 Å². The monoisotopic (exact) mass is 278 g/mol. The van der Waals surface area contributed by atoms with E-state index in [1.54, 1.807) is 6.07 Å². The Morgan fingerprint density at radius 1 is 1.53 bits per heavy atom. The number of carbonyl (C=O) groups is 1. The summed E-state index contributed by atoms with van der Waals surface area (Å²) in [5, 5.41) is 4.44. The first-order chi connectivity index (χ1) is 9.24. The van der Waals surface area contributed by atoms with Crippen LogP contribution < -0.4 is 5.32 Å². The molecule has 19 heavy (non-hydrogen) atoms. The Bertz CT molecular complexity index is 603. The van der Waals surface area contributed by atoms with Gasteiger partial charge in [0.05, 0.1) is 16.6 Å². The molecule has 2 aromatic rings. The maximum atomic E-state index is 12.0. The van der Waals surface area contributed by atoms with E-state index >= 15 is 0 Å². The maximum Gasteiger partial charge on any atom is 0.267 e. The third-order valence-corrected chi connectivity index (χ3v) is 3.68. The lowest BCUT2D eigenvalue weighted by atomic mass is 10.2. The van der Waals surface area contributed by atoms with Crippen molar-refractivity contribution in [3.8, 4) is 0 Å². The zero-order chi connectivity index (χ0) is 13.2. The van der Waals surface area contributed by atoms with Crippen molar-refractivity contribution in [2.45, 2.75) is 18.9 Å². The molecule has 100 valence electrons. The predicted molar refractivity (Wildman–Crippen MR) is 74.6 cm³/mol. The normalized spacial score (nSPS) is 18.9. The number of fused-ring (bicyclic) bond motifs is 1. The quantitative estimate of drug-likeness (QED) is 0.907. The standard InChI is InChI=1S/C14H15ClN2O2/c15-11-5-1-3-9-7-12(17-13(9)11)14(18)16-8-10-4-2-6-19-10/h1,3,5,7,10,17H,2,4,6,8H2,(H,16,18). The van der Waals surface area contributed by atoms with Gasteiger partial charge in [0.1, 0.15) is 5.69 Å². The summed E-state index contributed by atoms with van der Waals surface area (Å²) in [6, 6.07) is 7.40. The topological polar surface area (TPSA) is 54.1 Å². The number of hydrogen-bond donors (Lipinski definition) is 2. The molecule has 1 aromatic carbocycles. The van der Waals surface area contributed by atoms with Gasteiger partial charge in [-0.1, -0.05) is 23.7 Å². The van der Waals surface area contributed by atoms with Crippen LogP contribution in [0.3, 0.4) is 0 Å². The third-order valence-electron chi connectivity index (χ3n) is 3.36. The first kappa shape index (κ1) is 12.5. The molecule has 1 aliphatic heterocycles. The highest BCUT2D eigenvalue weighted by Gasteiger charge is 2.17. The first-order valence-corrected chi connectivity index (χ1v) is 6.79. The molecule has 0 saturated carbocycles. The maximum absolute atomic E-state index is 12.0. The van der Waals surface area contributed by atoms with Crippen LogP contribution in [0.15, 0.2) is 24.3 Å². The number of H-pyrrole nitrogens is 1. The Morgan fingerprint density at radius 3 is 3.16 bits per heavy atom. The molecule has 2 heterocycles. The summed E-state index contributed by atoms with van der Waals surface area (Å²) in [7, 11) is 0. The number of hydrogen-bond acceptors (Lipinski definition) is 2.